The molecule has 0 aliphatic heterocycles. The fourth-order valence-electron chi connectivity index (χ4n) is 4.37. The first kappa shape index (κ1) is 21.3. The number of rotatable bonds is 5. The summed E-state index contributed by atoms with van der Waals surface area (Å²) in [4.78, 5) is 22.9. The van der Waals surface area contributed by atoms with Crippen LogP contribution in [-0.2, 0) is 0 Å². The summed E-state index contributed by atoms with van der Waals surface area (Å²) < 4.78 is 1.56. The second kappa shape index (κ2) is 8.79. The SMILES string of the molecule is C=Nc1ccc(-c2c(C)nc3c(-c4ccccc4)c(-c4ccccc4)[nH]n3c2=O)cc1/C=C\C. The predicted molar refractivity (Wildman–Crippen MR) is 141 cm³/mol. The second-order valence-corrected chi connectivity index (χ2v) is 8.06. The van der Waals surface area contributed by atoms with Gasteiger partial charge in [0.2, 0.25) is 0 Å². The quantitative estimate of drug-likeness (QED) is 0.307. The molecule has 0 saturated heterocycles. The van der Waals surface area contributed by atoms with Crippen molar-refractivity contribution in [2.24, 2.45) is 4.99 Å². The van der Waals surface area contributed by atoms with Crippen LogP contribution in [0.3, 0.4) is 0 Å². The van der Waals surface area contributed by atoms with Crippen molar-refractivity contribution in [2.75, 3.05) is 0 Å². The van der Waals surface area contributed by atoms with Gasteiger partial charge in [-0.3, -0.25) is 14.9 Å². The van der Waals surface area contributed by atoms with E-state index in [0.29, 0.717) is 16.9 Å². The molecule has 0 spiro atoms. The Labute approximate surface area is 197 Å². The monoisotopic (exact) mass is 444 g/mol. The maximum Gasteiger partial charge on any atom is 0.280 e. The van der Waals surface area contributed by atoms with E-state index < -0.39 is 0 Å². The van der Waals surface area contributed by atoms with E-state index in [2.05, 4.69) is 16.8 Å². The Balaban J connectivity index is 1.82. The van der Waals surface area contributed by atoms with Crippen LogP contribution in [0.25, 0.3) is 45.2 Å². The van der Waals surface area contributed by atoms with E-state index in [4.69, 9.17) is 4.98 Å². The molecule has 3 aromatic carbocycles. The lowest BCUT2D eigenvalue weighted by molar-refractivity contribution is 0.897. The van der Waals surface area contributed by atoms with Gasteiger partial charge in [-0.2, -0.15) is 4.52 Å². The van der Waals surface area contributed by atoms with Crippen LogP contribution >= 0.6 is 0 Å². The third-order valence-electron chi connectivity index (χ3n) is 5.92. The van der Waals surface area contributed by atoms with E-state index in [1.807, 2.05) is 105 Å². The summed E-state index contributed by atoms with van der Waals surface area (Å²) in [7, 11) is 0. The number of allylic oxidation sites excluding steroid dienone is 1. The molecular formula is C29H24N4O. The lowest BCUT2D eigenvalue weighted by Crippen LogP contribution is -2.19. The van der Waals surface area contributed by atoms with Crippen molar-refractivity contribution in [2.45, 2.75) is 13.8 Å². The Morgan fingerprint density at radius 1 is 0.912 bits per heavy atom. The van der Waals surface area contributed by atoms with Crippen LogP contribution in [0.1, 0.15) is 18.2 Å². The minimum Gasteiger partial charge on any atom is -0.288 e. The first-order chi connectivity index (χ1) is 16.6. The smallest absolute Gasteiger partial charge is 0.280 e. The van der Waals surface area contributed by atoms with Crippen molar-refractivity contribution in [3.63, 3.8) is 0 Å². The van der Waals surface area contributed by atoms with Gasteiger partial charge in [0.05, 0.1) is 28.2 Å². The summed E-state index contributed by atoms with van der Waals surface area (Å²) in [5.41, 5.74) is 7.90. The number of aromatic nitrogens is 3. The Kier molecular flexibility index (Phi) is 5.52. The van der Waals surface area contributed by atoms with Crippen molar-refractivity contribution >= 4 is 24.1 Å². The summed E-state index contributed by atoms with van der Waals surface area (Å²) in [5, 5.41) is 3.35. The molecule has 5 nitrogen and oxygen atoms in total. The third kappa shape index (κ3) is 3.57. The third-order valence-corrected chi connectivity index (χ3v) is 5.92. The zero-order chi connectivity index (χ0) is 23.7. The normalized spacial score (nSPS) is 11.4. The lowest BCUT2D eigenvalue weighted by Gasteiger charge is -2.09. The molecule has 166 valence electrons. The highest BCUT2D eigenvalue weighted by molar-refractivity contribution is 5.91. The molecule has 0 aliphatic carbocycles. The van der Waals surface area contributed by atoms with Gasteiger partial charge in [-0.1, -0.05) is 78.9 Å². The van der Waals surface area contributed by atoms with Crippen molar-refractivity contribution < 1.29 is 0 Å². The first-order valence-corrected chi connectivity index (χ1v) is 11.1. The number of nitrogens with one attached hydrogen (secondary N) is 1. The summed E-state index contributed by atoms with van der Waals surface area (Å²) >= 11 is 0. The fourth-order valence-corrected chi connectivity index (χ4v) is 4.37. The molecule has 0 atom stereocenters. The minimum atomic E-state index is -0.146. The molecule has 5 aromatic rings. The number of nitrogens with zero attached hydrogens (tertiary/aromatic N) is 3. The van der Waals surface area contributed by atoms with E-state index in [0.717, 1.165) is 39.2 Å². The first-order valence-electron chi connectivity index (χ1n) is 11.1. The number of aliphatic imine (C=N–C) groups is 1. The number of hydrogen-bond acceptors (Lipinski definition) is 3. The van der Waals surface area contributed by atoms with Gasteiger partial charge in [-0.05, 0) is 43.8 Å². The van der Waals surface area contributed by atoms with Crippen LogP contribution in [0.5, 0.6) is 0 Å². The highest BCUT2D eigenvalue weighted by Gasteiger charge is 2.21. The molecule has 1 N–H and O–H groups in total. The zero-order valence-electron chi connectivity index (χ0n) is 19.1. The molecular weight excluding hydrogens is 420 g/mol. The zero-order valence-corrected chi connectivity index (χ0v) is 19.1. The van der Waals surface area contributed by atoms with E-state index in [9.17, 15) is 4.79 Å². The van der Waals surface area contributed by atoms with E-state index >= 15 is 0 Å². The van der Waals surface area contributed by atoms with E-state index in [-0.39, 0.29) is 5.56 Å². The molecule has 5 rings (SSSR count). The van der Waals surface area contributed by atoms with Crippen LogP contribution in [0.4, 0.5) is 5.69 Å². The highest BCUT2D eigenvalue weighted by atomic mass is 16.1. The van der Waals surface area contributed by atoms with Crippen LogP contribution in [0.2, 0.25) is 0 Å². The minimum absolute atomic E-state index is 0.146. The lowest BCUT2D eigenvalue weighted by atomic mass is 10.00. The Morgan fingerprint density at radius 3 is 2.24 bits per heavy atom. The molecule has 0 unspecified atom stereocenters. The number of aryl methyl sites for hydroxylation is 1. The van der Waals surface area contributed by atoms with Crippen LogP contribution in [0, 0.1) is 6.92 Å². The Morgan fingerprint density at radius 2 is 1.59 bits per heavy atom. The average molecular weight is 445 g/mol. The van der Waals surface area contributed by atoms with Crippen molar-refractivity contribution in [3.05, 3.63) is 107 Å². The molecule has 5 heteroatoms. The largest absolute Gasteiger partial charge is 0.288 e. The van der Waals surface area contributed by atoms with Gasteiger partial charge < -0.3 is 0 Å². The maximum absolute atomic E-state index is 13.8. The molecule has 0 aliphatic rings. The van der Waals surface area contributed by atoms with Gasteiger partial charge in [0.25, 0.3) is 5.56 Å². The molecule has 0 saturated carbocycles. The highest BCUT2D eigenvalue weighted by Crippen LogP contribution is 2.35. The van der Waals surface area contributed by atoms with Gasteiger partial charge in [-0.25, -0.2) is 4.98 Å². The summed E-state index contributed by atoms with van der Waals surface area (Å²) in [5.74, 6) is 0. The molecule has 0 radical (unpaired) electrons. The Bertz CT molecular complexity index is 1590. The summed E-state index contributed by atoms with van der Waals surface area (Å²) in [6.45, 7) is 7.49. The van der Waals surface area contributed by atoms with Crippen LogP contribution in [-0.4, -0.2) is 21.3 Å². The van der Waals surface area contributed by atoms with Gasteiger partial charge in [0.15, 0.2) is 5.65 Å². The van der Waals surface area contributed by atoms with E-state index in [1.54, 1.807) is 4.52 Å². The molecule has 2 heterocycles. The number of benzene rings is 3. The van der Waals surface area contributed by atoms with Crippen molar-refractivity contribution in [1.29, 1.82) is 0 Å². The van der Waals surface area contributed by atoms with Crippen molar-refractivity contribution in [1.82, 2.24) is 14.6 Å². The maximum atomic E-state index is 13.8. The molecule has 0 amide bonds. The fraction of sp³-hybridized carbons (Fsp3) is 0.0690. The predicted octanol–water partition coefficient (Wildman–Crippen LogP) is 6.70. The average Bonchev–Trinajstić information content (AvgIpc) is 3.25. The van der Waals surface area contributed by atoms with Crippen LogP contribution < -0.4 is 5.56 Å². The topological polar surface area (TPSA) is 62.5 Å². The number of H-pyrrole nitrogens is 1. The van der Waals surface area contributed by atoms with Gasteiger partial charge >= 0.3 is 0 Å². The number of hydrogen-bond donors (Lipinski definition) is 1. The van der Waals surface area contributed by atoms with Crippen molar-refractivity contribution in [3.8, 4) is 33.5 Å². The second-order valence-electron chi connectivity index (χ2n) is 8.06. The van der Waals surface area contributed by atoms with Gasteiger partial charge in [0.1, 0.15) is 0 Å². The van der Waals surface area contributed by atoms with Crippen LogP contribution in [0.15, 0.2) is 94.7 Å². The number of aromatic amines is 1. The summed E-state index contributed by atoms with van der Waals surface area (Å²) in [6, 6.07) is 25.8. The standard InChI is InChI=1S/C29H24N4O/c1-4-11-22-18-23(16-17-24(22)30-3)25-19(2)31-28-26(20-12-7-5-8-13-20)27(32-33(28)29(25)34)21-14-9-6-10-15-21/h4-18,32H,3H2,1-2H3/b11-4-. The Hall–Kier alpha value is -4.51. The summed E-state index contributed by atoms with van der Waals surface area (Å²) in [6.07, 6.45) is 3.90. The molecule has 34 heavy (non-hydrogen) atoms. The number of fused-ring (bicyclic) bond motifs is 1. The van der Waals surface area contributed by atoms with E-state index in [1.165, 1.54) is 0 Å². The molecule has 0 bridgehead atoms. The van der Waals surface area contributed by atoms with Gasteiger partial charge in [-0.15, -0.1) is 0 Å². The molecule has 2 aromatic heterocycles. The molecule has 0 fully saturated rings. The van der Waals surface area contributed by atoms with Gasteiger partial charge in [0, 0.05) is 11.1 Å².